The van der Waals surface area contributed by atoms with Gasteiger partial charge in [-0.05, 0) is 56.7 Å². The molecule has 0 amide bonds. The molecule has 1 rings (SSSR count). The third-order valence-electron chi connectivity index (χ3n) is 3.72. The van der Waals surface area contributed by atoms with Crippen LogP contribution < -0.4 is 4.74 Å². The molecular weight excluding hydrogens is 268 g/mol. The minimum absolute atomic E-state index is 0.205. The van der Waals surface area contributed by atoms with Gasteiger partial charge in [-0.3, -0.25) is 4.79 Å². The molecule has 0 saturated carbocycles. The van der Waals surface area contributed by atoms with E-state index in [9.17, 15) is 15.0 Å². The van der Waals surface area contributed by atoms with Crippen LogP contribution in [-0.4, -0.2) is 27.9 Å². The summed E-state index contributed by atoms with van der Waals surface area (Å²) >= 11 is 0. The van der Waals surface area contributed by atoms with Crippen LogP contribution in [0.25, 0.3) is 0 Å². The summed E-state index contributed by atoms with van der Waals surface area (Å²) < 4.78 is 5.19. The number of carbonyl (C=O) groups excluding carboxylic acids is 1. The van der Waals surface area contributed by atoms with Crippen LogP contribution in [0.15, 0.2) is 18.2 Å². The number of rotatable bonds is 6. The van der Waals surface area contributed by atoms with Crippen molar-refractivity contribution < 1.29 is 19.7 Å². The van der Waals surface area contributed by atoms with Gasteiger partial charge in [-0.25, -0.2) is 0 Å². The van der Waals surface area contributed by atoms with Gasteiger partial charge in [0.05, 0.1) is 11.7 Å². The third kappa shape index (κ3) is 5.48. The van der Waals surface area contributed by atoms with Gasteiger partial charge in [0.15, 0.2) is 0 Å². The van der Waals surface area contributed by atoms with E-state index in [4.69, 9.17) is 4.74 Å². The molecule has 0 bridgehead atoms. The fourth-order valence-corrected chi connectivity index (χ4v) is 2.12. The Morgan fingerprint density at radius 3 is 2.48 bits per heavy atom. The highest BCUT2D eigenvalue weighted by Crippen LogP contribution is 2.28. The summed E-state index contributed by atoms with van der Waals surface area (Å²) in [5, 5.41) is 19.6. The van der Waals surface area contributed by atoms with Crippen molar-refractivity contribution in [1.82, 2.24) is 0 Å². The standard InChI is InChI=1S/C17H26O4/c1-11(7-9-16(19)17(4,5)20)14-8-6-12(2)15(10-14)21-13(3)18/h6,8,10-11,16,19-20H,7,9H2,1-5H3/t11-,16+/m1/s1. The molecule has 0 saturated heterocycles. The topological polar surface area (TPSA) is 66.8 Å². The number of aliphatic hydroxyl groups excluding tert-OH is 1. The highest BCUT2D eigenvalue weighted by Gasteiger charge is 2.24. The number of aryl methyl sites for hydroxylation is 1. The van der Waals surface area contributed by atoms with E-state index in [-0.39, 0.29) is 11.9 Å². The Kier molecular flexibility index (Phi) is 5.93. The van der Waals surface area contributed by atoms with E-state index >= 15 is 0 Å². The lowest BCUT2D eigenvalue weighted by molar-refractivity contribution is -0.131. The van der Waals surface area contributed by atoms with E-state index in [1.165, 1.54) is 6.92 Å². The Balaban J connectivity index is 2.74. The first-order valence-electron chi connectivity index (χ1n) is 7.30. The Morgan fingerprint density at radius 2 is 1.95 bits per heavy atom. The minimum atomic E-state index is -1.09. The van der Waals surface area contributed by atoms with E-state index in [1.807, 2.05) is 25.1 Å². The second-order valence-corrected chi connectivity index (χ2v) is 6.27. The Hall–Kier alpha value is -1.39. The number of hydrogen-bond acceptors (Lipinski definition) is 4. The van der Waals surface area contributed by atoms with Crippen LogP contribution in [0.4, 0.5) is 0 Å². The molecule has 2 atom stereocenters. The monoisotopic (exact) mass is 294 g/mol. The summed E-state index contributed by atoms with van der Waals surface area (Å²) in [7, 11) is 0. The molecule has 0 aromatic heterocycles. The summed E-state index contributed by atoms with van der Waals surface area (Å²) in [4.78, 5) is 11.1. The number of ether oxygens (including phenoxy) is 1. The van der Waals surface area contributed by atoms with Gasteiger partial charge in [-0.15, -0.1) is 0 Å². The van der Waals surface area contributed by atoms with Gasteiger partial charge >= 0.3 is 5.97 Å². The van der Waals surface area contributed by atoms with Gasteiger partial charge in [0, 0.05) is 6.92 Å². The molecule has 0 aliphatic rings. The minimum Gasteiger partial charge on any atom is -0.426 e. The van der Waals surface area contributed by atoms with Gasteiger partial charge in [0.2, 0.25) is 0 Å². The smallest absolute Gasteiger partial charge is 0.308 e. The van der Waals surface area contributed by atoms with Crippen molar-refractivity contribution in [3.8, 4) is 5.75 Å². The van der Waals surface area contributed by atoms with Gasteiger partial charge in [0.1, 0.15) is 5.75 Å². The summed E-state index contributed by atoms with van der Waals surface area (Å²) in [6.07, 6.45) is 0.508. The van der Waals surface area contributed by atoms with Crippen LogP contribution in [0.5, 0.6) is 5.75 Å². The zero-order valence-electron chi connectivity index (χ0n) is 13.5. The molecule has 0 unspecified atom stereocenters. The van der Waals surface area contributed by atoms with E-state index in [1.54, 1.807) is 13.8 Å². The Labute approximate surface area is 126 Å². The van der Waals surface area contributed by atoms with E-state index in [0.29, 0.717) is 12.2 Å². The summed E-state index contributed by atoms with van der Waals surface area (Å²) in [6.45, 7) is 8.54. The highest BCUT2D eigenvalue weighted by molar-refractivity contribution is 5.69. The van der Waals surface area contributed by atoms with E-state index in [2.05, 4.69) is 6.92 Å². The highest BCUT2D eigenvalue weighted by atomic mass is 16.5. The molecule has 1 aromatic rings. The van der Waals surface area contributed by atoms with Crippen molar-refractivity contribution in [2.75, 3.05) is 0 Å². The molecule has 0 aliphatic heterocycles. The van der Waals surface area contributed by atoms with Crippen LogP contribution in [0, 0.1) is 6.92 Å². The molecule has 118 valence electrons. The number of carbonyl (C=O) groups is 1. The van der Waals surface area contributed by atoms with Crippen molar-refractivity contribution in [2.24, 2.45) is 0 Å². The fraction of sp³-hybridized carbons (Fsp3) is 0.588. The summed E-state index contributed by atoms with van der Waals surface area (Å²) in [5.74, 6) is 0.451. The largest absolute Gasteiger partial charge is 0.426 e. The van der Waals surface area contributed by atoms with E-state index in [0.717, 1.165) is 17.5 Å². The number of benzene rings is 1. The molecule has 4 nitrogen and oxygen atoms in total. The zero-order chi connectivity index (χ0) is 16.2. The van der Waals surface area contributed by atoms with Crippen LogP contribution in [0.2, 0.25) is 0 Å². The van der Waals surface area contributed by atoms with E-state index < -0.39 is 11.7 Å². The summed E-state index contributed by atoms with van der Waals surface area (Å²) in [5.41, 5.74) is 0.882. The molecule has 0 heterocycles. The predicted octanol–water partition coefficient (Wildman–Crippen LogP) is 2.94. The normalized spacial score (nSPS) is 14.6. The summed E-state index contributed by atoms with van der Waals surface area (Å²) in [6, 6.07) is 5.80. The Bertz CT molecular complexity index is 488. The van der Waals surface area contributed by atoms with Crippen molar-refractivity contribution in [1.29, 1.82) is 0 Å². The molecule has 0 radical (unpaired) electrons. The average molecular weight is 294 g/mol. The average Bonchev–Trinajstić information content (AvgIpc) is 2.36. The lowest BCUT2D eigenvalue weighted by atomic mass is 9.90. The van der Waals surface area contributed by atoms with Crippen LogP contribution in [0.3, 0.4) is 0 Å². The first kappa shape index (κ1) is 17.7. The number of hydrogen-bond donors (Lipinski definition) is 2. The van der Waals surface area contributed by atoms with Crippen LogP contribution >= 0.6 is 0 Å². The first-order valence-corrected chi connectivity index (χ1v) is 7.30. The number of aliphatic hydroxyl groups is 2. The van der Waals surface area contributed by atoms with Crippen molar-refractivity contribution >= 4 is 5.97 Å². The Morgan fingerprint density at radius 1 is 1.33 bits per heavy atom. The first-order chi connectivity index (χ1) is 9.61. The second kappa shape index (κ2) is 7.05. The van der Waals surface area contributed by atoms with Gasteiger partial charge in [0.25, 0.3) is 0 Å². The lowest BCUT2D eigenvalue weighted by Gasteiger charge is -2.25. The molecule has 21 heavy (non-hydrogen) atoms. The van der Waals surface area contributed by atoms with Gasteiger partial charge in [-0.2, -0.15) is 0 Å². The SMILES string of the molecule is CC(=O)Oc1cc([C@H](C)CC[C@H](O)C(C)(C)O)ccc1C. The second-order valence-electron chi connectivity index (χ2n) is 6.27. The predicted molar refractivity (Wildman–Crippen MR) is 82.4 cm³/mol. The fourth-order valence-electron chi connectivity index (χ4n) is 2.12. The molecule has 0 fully saturated rings. The maximum atomic E-state index is 11.1. The van der Waals surface area contributed by atoms with Crippen LogP contribution in [0.1, 0.15) is 57.6 Å². The van der Waals surface area contributed by atoms with Crippen molar-refractivity contribution in [3.63, 3.8) is 0 Å². The molecule has 1 aromatic carbocycles. The maximum absolute atomic E-state index is 11.1. The zero-order valence-corrected chi connectivity index (χ0v) is 13.5. The quantitative estimate of drug-likeness (QED) is 0.625. The molecular formula is C17H26O4. The third-order valence-corrected chi connectivity index (χ3v) is 3.72. The number of esters is 1. The molecule has 0 aliphatic carbocycles. The van der Waals surface area contributed by atoms with Crippen molar-refractivity contribution in [3.05, 3.63) is 29.3 Å². The molecule has 4 heteroatoms. The lowest BCUT2D eigenvalue weighted by Crippen LogP contribution is -2.35. The van der Waals surface area contributed by atoms with Gasteiger partial charge in [-0.1, -0.05) is 19.1 Å². The van der Waals surface area contributed by atoms with Crippen molar-refractivity contribution in [2.45, 2.75) is 65.1 Å². The van der Waals surface area contributed by atoms with Crippen LogP contribution in [-0.2, 0) is 4.79 Å². The maximum Gasteiger partial charge on any atom is 0.308 e. The van der Waals surface area contributed by atoms with Gasteiger partial charge < -0.3 is 14.9 Å². The molecule has 2 N–H and O–H groups in total. The molecule has 0 spiro atoms.